The van der Waals surface area contributed by atoms with Crippen LogP contribution < -0.4 is 0 Å². The van der Waals surface area contributed by atoms with Gasteiger partial charge in [0, 0.05) is 12.6 Å². The van der Waals surface area contributed by atoms with Crippen molar-refractivity contribution in [2.45, 2.75) is 19.6 Å². The molecular weight excluding hydrogens is 290 g/mol. The van der Waals surface area contributed by atoms with E-state index in [9.17, 15) is 22.4 Å². The number of nitrogens with zero attached hydrogens (tertiary/aromatic N) is 1. The van der Waals surface area contributed by atoms with Crippen molar-refractivity contribution in [1.82, 2.24) is 4.90 Å². The highest BCUT2D eigenvalue weighted by Gasteiger charge is 2.30. The van der Waals surface area contributed by atoms with Crippen molar-refractivity contribution >= 4 is 12.0 Å². The minimum absolute atomic E-state index is 0.0460. The molecule has 0 saturated heterocycles. The molecule has 7 heteroatoms. The van der Waals surface area contributed by atoms with Crippen LogP contribution in [-0.2, 0) is 11.3 Å². The minimum atomic E-state index is -4.33. The number of aliphatic carboxylic acids is 1. The van der Waals surface area contributed by atoms with E-state index in [2.05, 4.69) is 0 Å². The number of carbonyl (C=O) groups is 1. The summed E-state index contributed by atoms with van der Waals surface area (Å²) >= 11 is 0. The van der Waals surface area contributed by atoms with Gasteiger partial charge in [-0.25, -0.2) is 9.18 Å². The number of rotatable bonds is 6. The molecule has 0 heterocycles. The van der Waals surface area contributed by atoms with Crippen molar-refractivity contribution in [3.05, 3.63) is 41.2 Å². The van der Waals surface area contributed by atoms with Crippen LogP contribution in [0.2, 0.25) is 0 Å². The summed E-state index contributed by atoms with van der Waals surface area (Å²) in [4.78, 5) is 11.6. The first-order chi connectivity index (χ1) is 9.71. The van der Waals surface area contributed by atoms with E-state index in [4.69, 9.17) is 5.11 Å². The van der Waals surface area contributed by atoms with Gasteiger partial charge in [0.05, 0.1) is 6.54 Å². The smallest absolute Gasteiger partial charge is 0.401 e. The van der Waals surface area contributed by atoms with Crippen molar-refractivity contribution in [3.63, 3.8) is 0 Å². The number of carboxylic acid groups (broad SMARTS) is 1. The summed E-state index contributed by atoms with van der Waals surface area (Å²) in [5.74, 6) is -1.80. The first-order valence-corrected chi connectivity index (χ1v) is 6.20. The van der Waals surface area contributed by atoms with Crippen LogP contribution in [-0.4, -0.2) is 35.2 Å². The highest BCUT2D eigenvalue weighted by atomic mass is 19.4. The standard InChI is InChI=1S/C14H15F4NO2/c1-2-19(9-14(16,17)18)8-11-3-5-12(15)7-10(11)4-6-13(20)21/h3-7H,2,8-9H2,1H3,(H,20,21). The molecule has 0 bridgehead atoms. The lowest BCUT2D eigenvalue weighted by molar-refractivity contribution is -0.146. The summed E-state index contributed by atoms with van der Waals surface area (Å²) in [5, 5.41) is 8.58. The molecule has 0 aromatic heterocycles. The number of benzene rings is 1. The number of hydrogen-bond donors (Lipinski definition) is 1. The van der Waals surface area contributed by atoms with E-state index in [-0.39, 0.29) is 18.7 Å². The number of alkyl halides is 3. The summed E-state index contributed by atoms with van der Waals surface area (Å²) in [6, 6.07) is 3.58. The molecular formula is C14H15F4NO2. The Bertz CT molecular complexity index is 526. The van der Waals surface area contributed by atoms with Gasteiger partial charge in [-0.1, -0.05) is 13.0 Å². The molecule has 1 N–H and O–H groups in total. The maximum Gasteiger partial charge on any atom is 0.401 e. The Morgan fingerprint density at radius 3 is 2.57 bits per heavy atom. The van der Waals surface area contributed by atoms with Crippen LogP contribution in [0.15, 0.2) is 24.3 Å². The van der Waals surface area contributed by atoms with E-state index >= 15 is 0 Å². The Labute approximate surface area is 119 Å². The summed E-state index contributed by atoms with van der Waals surface area (Å²) in [5.41, 5.74) is 0.679. The molecule has 0 amide bonds. The van der Waals surface area contributed by atoms with Crippen LogP contribution >= 0.6 is 0 Å². The second kappa shape index (κ2) is 7.21. The number of carboxylic acids is 1. The Morgan fingerprint density at radius 2 is 2.05 bits per heavy atom. The largest absolute Gasteiger partial charge is 0.478 e. The maximum absolute atomic E-state index is 13.2. The lowest BCUT2D eigenvalue weighted by Crippen LogP contribution is -2.33. The quantitative estimate of drug-likeness (QED) is 0.647. The molecule has 0 spiro atoms. The molecule has 0 aliphatic rings. The lowest BCUT2D eigenvalue weighted by atomic mass is 10.1. The first kappa shape index (κ1) is 17.2. The van der Waals surface area contributed by atoms with E-state index < -0.39 is 24.5 Å². The Morgan fingerprint density at radius 1 is 1.38 bits per heavy atom. The van der Waals surface area contributed by atoms with Gasteiger partial charge in [-0.3, -0.25) is 4.90 Å². The van der Waals surface area contributed by atoms with Crippen LogP contribution in [0.1, 0.15) is 18.1 Å². The molecule has 1 aromatic rings. The highest BCUT2D eigenvalue weighted by molar-refractivity contribution is 5.85. The molecule has 0 atom stereocenters. The average molecular weight is 305 g/mol. The van der Waals surface area contributed by atoms with Crippen molar-refractivity contribution in [3.8, 4) is 0 Å². The fourth-order valence-corrected chi connectivity index (χ4v) is 1.80. The maximum atomic E-state index is 13.2. The fraction of sp³-hybridized carbons (Fsp3) is 0.357. The molecule has 116 valence electrons. The van der Waals surface area contributed by atoms with E-state index in [1.807, 2.05) is 0 Å². The molecule has 0 saturated carbocycles. The summed E-state index contributed by atoms with van der Waals surface area (Å²) < 4.78 is 50.4. The van der Waals surface area contributed by atoms with Crippen molar-refractivity contribution in [2.75, 3.05) is 13.1 Å². The normalized spacial score (nSPS) is 12.3. The van der Waals surface area contributed by atoms with Crippen LogP contribution in [0.5, 0.6) is 0 Å². The molecule has 0 radical (unpaired) electrons. The fourth-order valence-electron chi connectivity index (χ4n) is 1.80. The van der Waals surface area contributed by atoms with E-state index in [0.717, 1.165) is 23.1 Å². The highest BCUT2D eigenvalue weighted by Crippen LogP contribution is 2.20. The molecule has 21 heavy (non-hydrogen) atoms. The molecule has 0 unspecified atom stereocenters. The SMILES string of the molecule is CCN(Cc1ccc(F)cc1C=CC(=O)O)CC(F)(F)F. The Kier molecular flexibility index (Phi) is 5.90. The predicted octanol–water partition coefficient (Wildman–Crippen LogP) is 3.31. The summed E-state index contributed by atoms with van der Waals surface area (Å²) in [6.45, 7) is 0.625. The van der Waals surface area contributed by atoms with Gasteiger partial charge in [0.2, 0.25) is 0 Å². The molecule has 3 nitrogen and oxygen atoms in total. The van der Waals surface area contributed by atoms with Crippen LogP contribution in [0.4, 0.5) is 17.6 Å². The zero-order valence-electron chi connectivity index (χ0n) is 11.3. The zero-order valence-corrected chi connectivity index (χ0v) is 11.3. The van der Waals surface area contributed by atoms with Gasteiger partial charge >= 0.3 is 12.1 Å². The van der Waals surface area contributed by atoms with Crippen molar-refractivity contribution in [1.29, 1.82) is 0 Å². The third-order valence-corrected chi connectivity index (χ3v) is 2.76. The third-order valence-electron chi connectivity index (χ3n) is 2.76. The zero-order chi connectivity index (χ0) is 16.0. The Hall–Kier alpha value is -1.89. The van der Waals surface area contributed by atoms with Crippen molar-refractivity contribution in [2.24, 2.45) is 0 Å². The Balaban J connectivity index is 2.98. The second-order valence-corrected chi connectivity index (χ2v) is 4.43. The van der Waals surface area contributed by atoms with Gasteiger partial charge in [0.15, 0.2) is 0 Å². The van der Waals surface area contributed by atoms with E-state index in [1.54, 1.807) is 6.92 Å². The molecule has 0 aliphatic carbocycles. The minimum Gasteiger partial charge on any atom is -0.478 e. The van der Waals surface area contributed by atoms with Gasteiger partial charge in [-0.05, 0) is 35.9 Å². The van der Waals surface area contributed by atoms with Crippen LogP contribution in [0.25, 0.3) is 6.08 Å². The average Bonchev–Trinajstić information content (AvgIpc) is 2.36. The molecule has 0 fully saturated rings. The second-order valence-electron chi connectivity index (χ2n) is 4.43. The van der Waals surface area contributed by atoms with Gasteiger partial charge in [-0.2, -0.15) is 13.2 Å². The molecule has 0 aliphatic heterocycles. The predicted molar refractivity (Wildman–Crippen MR) is 70.1 cm³/mol. The lowest BCUT2D eigenvalue weighted by Gasteiger charge is -2.22. The van der Waals surface area contributed by atoms with Gasteiger partial charge < -0.3 is 5.11 Å². The summed E-state index contributed by atoms with van der Waals surface area (Å²) in [6.07, 6.45) is -2.34. The van der Waals surface area contributed by atoms with Crippen LogP contribution in [0.3, 0.4) is 0 Å². The molecule has 1 aromatic carbocycles. The summed E-state index contributed by atoms with van der Waals surface area (Å²) in [7, 11) is 0. The van der Waals surface area contributed by atoms with Gasteiger partial charge in [0.25, 0.3) is 0 Å². The molecule has 1 rings (SSSR count). The van der Waals surface area contributed by atoms with Gasteiger partial charge in [-0.15, -0.1) is 0 Å². The van der Waals surface area contributed by atoms with Crippen LogP contribution in [0, 0.1) is 5.82 Å². The monoisotopic (exact) mass is 305 g/mol. The third kappa shape index (κ3) is 6.40. The number of halogens is 4. The topological polar surface area (TPSA) is 40.5 Å². The van der Waals surface area contributed by atoms with E-state index in [0.29, 0.717) is 5.56 Å². The van der Waals surface area contributed by atoms with Crippen molar-refractivity contribution < 1.29 is 27.5 Å². The van der Waals surface area contributed by atoms with Gasteiger partial charge in [0.1, 0.15) is 5.82 Å². The van der Waals surface area contributed by atoms with E-state index in [1.165, 1.54) is 12.1 Å². The first-order valence-electron chi connectivity index (χ1n) is 6.20. The number of hydrogen-bond acceptors (Lipinski definition) is 2.